The van der Waals surface area contributed by atoms with Crippen molar-refractivity contribution in [3.05, 3.63) is 28.9 Å². The van der Waals surface area contributed by atoms with E-state index in [0.717, 1.165) is 21.1 Å². The monoisotopic (exact) mass is 239 g/mol. The molecule has 68 valence electrons. The lowest BCUT2D eigenvalue weighted by atomic mass is 10.2. The summed E-state index contributed by atoms with van der Waals surface area (Å²) in [6.45, 7) is 2.68. The lowest BCUT2D eigenvalue weighted by Crippen LogP contribution is -1.90. The molecule has 0 amide bonds. The fourth-order valence-corrected chi connectivity index (χ4v) is 1.76. The third-order valence-electron chi connectivity index (χ3n) is 1.91. The van der Waals surface area contributed by atoms with Crippen LogP contribution in [0.5, 0.6) is 5.75 Å². The van der Waals surface area contributed by atoms with E-state index in [-0.39, 0.29) is 0 Å². The second-order valence-electron chi connectivity index (χ2n) is 2.78. The van der Waals surface area contributed by atoms with Crippen LogP contribution >= 0.6 is 15.9 Å². The number of hydrogen-bond donors (Lipinski definition) is 1. The van der Waals surface area contributed by atoms with Crippen LogP contribution in [0.4, 0.5) is 0 Å². The van der Waals surface area contributed by atoms with Gasteiger partial charge in [-0.1, -0.05) is 0 Å². The van der Waals surface area contributed by atoms with Crippen LogP contribution in [0, 0.1) is 0 Å². The van der Waals surface area contributed by atoms with Crippen molar-refractivity contribution in [2.75, 3.05) is 6.61 Å². The van der Waals surface area contributed by atoms with Crippen LogP contribution in [0.15, 0.2) is 28.9 Å². The van der Waals surface area contributed by atoms with Gasteiger partial charge in [0, 0.05) is 21.6 Å². The summed E-state index contributed by atoms with van der Waals surface area (Å²) in [5.74, 6) is 0.912. The fraction of sp³-hybridized carbons (Fsp3) is 0.200. The first-order chi connectivity index (χ1) is 6.31. The SMILES string of the molecule is CCOc1ccc2[nH]cc(Br)c2c1. The smallest absolute Gasteiger partial charge is 0.120 e. The third-order valence-corrected chi connectivity index (χ3v) is 2.57. The molecule has 0 fully saturated rings. The maximum Gasteiger partial charge on any atom is 0.120 e. The molecule has 1 aromatic heterocycles. The number of nitrogens with one attached hydrogen (secondary N) is 1. The minimum Gasteiger partial charge on any atom is -0.494 e. The molecule has 0 radical (unpaired) electrons. The predicted octanol–water partition coefficient (Wildman–Crippen LogP) is 3.33. The van der Waals surface area contributed by atoms with Crippen LogP contribution in [-0.4, -0.2) is 11.6 Å². The van der Waals surface area contributed by atoms with Crippen LogP contribution in [0.1, 0.15) is 6.92 Å². The van der Waals surface area contributed by atoms with E-state index in [1.807, 2.05) is 31.3 Å². The summed E-state index contributed by atoms with van der Waals surface area (Å²) in [5.41, 5.74) is 1.12. The van der Waals surface area contributed by atoms with E-state index >= 15 is 0 Å². The first-order valence-corrected chi connectivity index (χ1v) is 5.00. The van der Waals surface area contributed by atoms with E-state index in [1.54, 1.807) is 0 Å². The molecule has 0 bridgehead atoms. The second-order valence-corrected chi connectivity index (χ2v) is 3.63. The Morgan fingerprint density at radius 2 is 2.31 bits per heavy atom. The van der Waals surface area contributed by atoms with Gasteiger partial charge in [-0.05, 0) is 41.1 Å². The molecule has 1 aromatic carbocycles. The van der Waals surface area contributed by atoms with Crippen molar-refractivity contribution in [2.24, 2.45) is 0 Å². The zero-order valence-corrected chi connectivity index (χ0v) is 8.89. The summed E-state index contributed by atoms with van der Waals surface area (Å²) in [7, 11) is 0. The standard InChI is InChI=1S/C10H10BrNO/c1-2-13-7-3-4-10-8(5-7)9(11)6-12-10/h3-6,12H,2H2,1H3. The molecule has 0 aliphatic carbocycles. The van der Waals surface area contributed by atoms with Gasteiger partial charge in [-0.3, -0.25) is 0 Å². The molecule has 0 aliphatic rings. The van der Waals surface area contributed by atoms with Gasteiger partial charge in [0.15, 0.2) is 0 Å². The van der Waals surface area contributed by atoms with Crippen LogP contribution < -0.4 is 4.74 Å². The number of halogens is 1. The van der Waals surface area contributed by atoms with E-state index in [4.69, 9.17) is 4.74 Å². The lowest BCUT2D eigenvalue weighted by Gasteiger charge is -2.01. The summed E-state index contributed by atoms with van der Waals surface area (Å²) < 4.78 is 6.48. The van der Waals surface area contributed by atoms with Crippen molar-refractivity contribution in [1.82, 2.24) is 4.98 Å². The molecular weight excluding hydrogens is 230 g/mol. The number of aromatic nitrogens is 1. The quantitative estimate of drug-likeness (QED) is 0.855. The number of fused-ring (bicyclic) bond motifs is 1. The summed E-state index contributed by atoms with van der Waals surface area (Å²) >= 11 is 3.47. The fourth-order valence-electron chi connectivity index (χ4n) is 1.32. The Morgan fingerprint density at radius 1 is 1.46 bits per heavy atom. The molecule has 13 heavy (non-hydrogen) atoms. The number of aromatic amines is 1. The maximum absolute atomic E-state index is 5.40. The van der Waals surface area contributed by atoms with Gasteiger partial charge >= 0.3 is 0 Å². The van der Waals surface area contributed by atoms with Gasteiger partial charge in [-0.2, -0.15) is 0 Å². The van der Waals surface area contributed by atoms with Gasteiger partial charge in [0.05, 0.1) is 6.61 Å². The normalized spacial score (nSPS) is 10.6. The Balaban J connectivity index is 2.53. The highest BCUT2D eigenvalue weighted by atomic mass is 79.9. The number of benzene rings is 1. The first kappa shape index (κ1) is 8.63. The lowest BCUT2D eigenvalue weighted by molar-refractivity contribution is 0.340. The molecule has 2 aromatic rings. The highest BCUT2D eigenvalue weighted by molar-refractivity contribution is 9.10. The molecule has 0 saturated carbocycles. The number of H-pyrrole nitrogens is 1. The molecule has 1 N–H and O–H groups in total. The van der Waals surface area contributed by atoms with Crippen LogP contribution in [-0.2, 0) is 0 Å². The molecule has 0 spiro atoms. The average molecular weight is 240 g/mol. The maximum atomic E-state index is 5.40. The summed E-state index contributed by atoms with van der Waals surface area (Å²) in [6, 6.07) is 6.01. The van der Waals surface area contributed by atoms with Gasteiger partial charge in [-0.25, -0.2) is 0 Å². The van der Waals surface area contributed by atoms with E-state index in [9.17, 15) is 0 Å². The van der Waals surface area contributed by atoms with E-state index in [0.29, 0.717) is 6.61 Å². The molecule has 2 nitrogen and oxygen atoms in total. The van der Waals surface area contributed by atoms with Gasteiger partial charge in [0.25, 0.3) is 0 Å². The Morgan fingerprint density at radius 3 is 3.08 bits per heavy atom. The third kappa shape index (κ3) is 1.56. The molecule has 0 unspecified atom stereocenters. The summed E-state index contributed by atoms with van der Waals surface area (Å²) in [5, 5.41) is 1.16. The van der Waals surface area contributed by atoms with E-state index in [2.05, 4.69) is 20.9 Å². The Kier molecular flexibility index (Phi) is 2.27. The Hall–Kier alpha value is -0.960. The second kappa shape index (κ2) is 3.42. The van der Waals surface area contributed by atoms with Crippen LogP contribution in [0.3, 0.4) is 0 Å². The van der Waals surface area contributed by atoms with Crippen molar-refractivity contribution in [1.29, 1.82) is 0 Å². The number of ether oxygens (including phenoxy) is 1. The highest BCUT2D eigenvalue weighted by Gasteiger charge is 2.01. The highest BCUT2D eigenvalue weighted by Crippen LogP contribution is 2.27. The number of rotatable bonds is 2. The van der Waals surface area contributed by atoms with E-state index in [1.165, 1.54) is 0 Å². The van der Waals surface area contributed by atoms with Crippen LogP contribution in [0.2, 0.25) is 0 Å². The van der Waals surface area contributed by atoms with Gasteiger partial charge in [-0.15, -0.1) is 0 Å². The molecule has 1 heterocycles. The molecule has 0 saturated heterocycles. The van der Waals surface area contributed by atoms with Crippen molar-refractivity contribution in [3.63, 3.8) is 0 Å². The van der Waals surface area contributed by atoms with Gasteiger partial charge in [0.1, 0.15) is 5.75 Å². The van der Waals surface area contributed by atoms with Crippen molar-refractivity contribution >= 4 is 26.8 Å². The minimum absolute atomic E-state index is 0.702. The predicted molar refractivity (Wildman–Crippen MR) is 57.2 cm³/mol. The van der Waals surface area contributed by atoms with Gasteiger partial charge in [0.2, 0.25) is 0 Å². The number of hydrogen-bond acceptors (Lipinski definition) is 1. The molecule has 0 atom stereocenters. The average Bonchev–Trinajstić information content (AvgIpc) is 2.49. The summed E-state index contributed by atoms with van der Waals surface area (Å²) in [4.78, 5) is 3.15. The topological polar surface area (TPSA) is 25.0 Å². The van der Waals surface area contributed by atoms with Crippen molar-refractivity contribution in [3.8, 4) is 5.75 Å². The van der Waals surface area contributed by atoms with Crippen molar-refractivity contribution < 1.29 is 4.74 Å². The van der Waals surface area contributed by atoms with Crippen molar-refractivity contribution in [2.45, 2.75) is 6.92 Å². The largest absolute Gasteiger partial charge is 0.494 e. The molecule has 3 heteroatoms. The Labute approximate surface area is 85.0 Å². The molecule has 2 rings (SSSR count). The van der Waals surface area contributed by atoms with Gasteiger partial charge < -0.3 is 9.72 Å². The first-order valence-electron chi connectivity index (χ1n) is 4.20. The zero-order chi connectivity index (χ0) is 9.26. The zero-order valence-electron chi connectivity index (χ0n) is 7.30. The Bertz CT molecular complexity index is 422. The minimum atomic E-state index is 0.702. The van der Waals surface area contributed by atoms with E-state index < -0.39 is 0 Å². The molecule has 0 aliphatic heterocycles. The summed E-state index contributed by atoms with van der Waals surface area (Å²) in [6.07, 6.45) is 1.93. The molecular formula is C10H10BrNO. The van der Waals surface area contributed by atoms with Crippen LogP contribution in [0.25, 0.3) is 10.9 Å².